The molecule has 0 unspecified atom stereocenters. The Labute approximate surface area is 163 Å². The zero-order valence-corrected chi connectivity index (χ0v) is 17.7. The highest BCUT2D eigenvalue weighted by Gasteiger charge is 2.19. The number of hydrogen-bond donors (Lipinski definition) is 2. The lowest BCUT2D eigenvalue weighted by atomic mass is 10.1. The van der Waals surface area contributed by atoms with Crippen molar-refractivity contribution in [3.05, 3.63) is 29.3 Å². The second-order valence-electron chi connectivity index (χ2n) is 7.38. The number of rotatable bonds is 7. The molecule has 27 heavy (non-hydrogen) atoms. The van der Waals surface area contributed by atoms with E-state index in [-0.39, 0.29) is 6.09 Å². The van der Waals surface area contributed by atoms with Crippen molar-refractivity contribution in [1.82, 2.24) is 15.5 Å². The summed E-state index contributed by atoms with van der Waals surface area (Å²) < 4.78 is 10.7. The number of benzene rings is 1. The van der Waals surface area contributed by atoms with Gasteiger partial charge in [-0.1, -0.05) is 12.1 Å². The molecule has 0 heterocycles. The fourth-order valence-electron chi connectivity index (χ4n) is 2.34. The molecule has 1 aromatic rings. The minimum atomic E-state index is -0.491. The van der Waals surface area contributed by atoms with Crippen LogP contribution in [0.2, 0.25) is 0 Å². The predicted molar refractivity (Wildman–Crippen MR) is 110 cm³/mol. The summed E-state index contributed by atoms with van der Waals surface area (Å²) in [6, 6.07) is 6.22. The summed E-state index contributed by atoms with van der Waals surface area (Å²) in [6.07, 6.45) is 0.523. The first kappa shape index (κ1) is 22.6. The Morgan fingerprint density at radius 2 is 1.89 bits per heavy atom. The van der Waals surface area contributed by atoms with E-state index in [4.69, 9.17) is 9.47 Å². The predicted octanol–water partition coefficient (Wildman–Crippen LogP) is 2.58. The first-order valence-electron chi connectivity index (χ1n) is 9.18. The van der Waals surface area contributed by atoms with Crippen LogP contribution in [0.3, 0.4) is 0 Å². The normalized spacial score (nSPS) is 11.7. The molecule has 0 bridgehead atoms. The van der Waals surface area contributed by atoms with E-state index in [1.54, 1.807) is 26.1 Å². The van der Waals surface area contributed by atoms with Gasteiger partial charge in [-0.3, -0.25) is 4.99 Å². The monoisotopic (exact) mass is 378 g/mol. The van der Waals surface area contributed by atoms with Crippen LogP contribution < -0.4 is 15.4 Å². The lowest BCUT2D eigenvalue weighted by Gasteiger charge is -2.24. The van der Waals surface area contributed by atoms with Gasteiger partial charge in [0.25, 0.3) is 0 Å². The zero-order chi connectivity index (χ0) is 20.4. The van der Waals surface area contributed by atoms with Gasteiger partial charge in [0.15, 0.2) is 5.96 Å². The Kier molecular flexibility index (Phi) is 8.91. The van der Waals surface area contributed by atoms with Crippen molar-refractivity contribution in [2.45, 2.75) is 39.7 Å². The average molecular weight is 379 g/mol. The van der Waals surface area contributed by atoms with E-state index in [1.165, 1.54) is 5.56 Å². The molecule has 0 saturated carbocycles. The fraction of sp³-hybridized carbons (Fsp3) is 0.600. The molecule has 0 aliphatic rings. The standard InChI is InChI=1S/C20H34N4O3/c1-15-8-9-16(14-17(15)26-7)10-11-22-18(21-5)23-12-13-24(6)19(25)27-20(2,3)4/h8-9,14H,10-13H2,1-7H3,(H2,21,22,23). The quantitative estimate of drug-likeness (QED) is 0.563. The maximum absolute atomic E-state index is 11.9. The number of amides is 1. The van der Waals surface area contributed by atoms with E-state index in [0.717, 1.165) is 24.3 Å². The van der Waals surface area contributed by atoms with Gasteiger partial charge in [0.2, 0.25) is 0 Å². The van der Waals surface area contributed by atoms with Crippen molar-refractivity contribution in [2.24, 2.45) is 4.99 Å². The maximum Gasteiger partial charge on any atom is 0.410 e. The summed E-state index contributed by atoms with van der Waals surface area (Å²) in [6.45, 7) is 9.43. The zero-order valence-electron chi connectivity index (χ0n) is 17.7. The van der Waals surface area contributed by atoms with E-state index >= 15 is 0 Å². The summed E-state index contributed by atoms with van der Waals surface area (Å²) in [5, 5.41) is 6.48. The minimum Gasteiger partial charge on any atom is -0.496 e. The summed E-state index contributed by atoms with van der Waals surface area (Å²) in [5.74, 6) is 1.60. The van der Waals surface area contributed by atoms with Crippen molar-refractivity contribution in [3.63, 3.8) is 0 Å². The number of guanidine groups is 1. The number of likely N-dealkylation sites (N-methyl/N-ethyl adjacent to an activating group) is 1. The van der Waals surface area contributed by atoms with Gasteiger partial charge in [0, 0.05) is 33.7 Å². The second-order valence-corrected chi connectivity index (χ2v) is 7.38. The molecule has 0 radical (unpaired) electrons. The van der Waals surface area contributed by atoms with Crippen molar-refractivity contribution in [3.8, 4) is 5.75 Å². The SMILES string of the molecule is CN=C(NCCc1ccc(C)c(OC)c1)NCCN(C)C(=O)OC(C)(C)C. The maximum atomic E-state index is 11.9. The van der Waals surface area contributed by atoms with Crippen molar-refractivity contribution >= 4 is 12.1 Å². The molecule has 0 fully saturated rings. The summed E-state index contributed by atoms with van der Waals surface area (Å²) in [7, 11) is 5.13. The molecule has 1 aromatic carbocycles. The molecule has 0 saturated heterocycles. The number of hydrogen-bond acceptors (Lipinski definition) is 4. The topological polar surface area (TPSA) is 75.2 Å². The summed E-state index contributed by atoms with van der Waals surface area (Å²) in [5.41, 5.74) is 1.83. The lowest BCUT2D eigenvalue weighted by molar-refractivity contribution is 0.0302. The summed E-state index contributed by atoms with van der Waals surface area (Å²) in [4.78, 5) is 17.7. The van der Waals surface area contributed by atoms with Crippen molar-refractivity contribution in [2.75, 3.05) is 40.8 Å². The molecule has 0 aliphatic heterocycles. The highest BCUT2D eigenvalue weighted by molar-refractivity contribution is 5.79. The average Bonchev–Trinajstić information content (AvgIpc) is 2.60. The molecule has 1 rings (SSSR count). The van der Waals surface area contributed by atoms with Gasteiger partial charge >= 0.3 is 6.09 Å². The van der Waals surface area contributed by atoms with Crippen LogP contribution in [0.4, 0.5) is 4.79 Å². The number of carbonyl (C=O) groups is 1. The molecule has 152 valence electrons. The van der Waals surface area contributed by atoms with Crippen molar-refractivity contribution in [1.29, 1.82) is 0 Å². The van der Waals surface area contributed by atoms with Gasteiger partial charge in [0.1, 0.15) is 11.4 Å². The van der Waals surface area contributed by atoms with Crippen LogP contribution in [-0.2, 0) is 11.2 Å². The molecule has 0 aliphatic carbocycles. The third kappa shape index (κ3) is 8.66. The number of methoxy groups -OCH3 is 1. The van der Waals surface area contributed by atoms with Crippen LogP contribution >= 0.6 is 0 Å². The van der Waals surface area contributed by atoms with Gasteiger partial charge < -0.3 is 25.0 Å². The Morgan fingerprint density at radius 3 is 2.48 bits per heavy atom. The Hall–Kier alpha value is -2.44. The van der Waals surface area contributed by atoms with Crippen LogP contribution in [0.25, 0.3) is 0 Å². The third-order valence-electron chi connectivity index (χ3n) is 3.85. The van der Waals surface area contributed by atoms with E-state index in [0.29, 0.717) is 19.0 Å². The fourth-order valence-corrected chi connectivity index (χ4v) is 2.34. The molecular formula is C20H34N4O3. The van der Waals surface area contributed by atoms with Gasteiger partial charge in [-0.15, -0.1) is 0 Å². The number of ether oxygens (including phenoxy) is 2. The van der Waals surface area contributed by atoms with Gasteiger partial charge in [-0.2, -0.15) is 0 Å². The summed E-state index contributed by atoms with van der Waals surface area (Å²) >= 11 is 0. The van der Waals surface area contributed by atoms with Gasteiger partial charge in [0.05, 0.1) is 7.11 Å². The molecular weight excluding hydrogens is 344 g/mol. The number of nitrogens with zero attached hydrogens (tertiary/aromatic N) is 2. The molecule has 1 amide bonds. The minimum absolute atomic E-state index is 0.333. The molecule has 7 heteroatoms. The van der Waals surface area contributed by atoms with Crippen molar-refractivity contribution < 1.29 is 14.3 Å². The molecule has 0 spiro atoms. The van der Waals surface area contributed by atoms with Gasteiger partial charge in [-0.05, 0) is 51.3 Å². The smallest absolute Gasteiger partial charge is 0.410 e. The lowest BCUT2D eigenvalue weighted by Crippen LogP contribution is -2.43. The van der Waals surface area contributed by atoms with Crippen LogP contribution in [0, 0.1) is 6.92 Å². The number of aryl methyl sites for hydroxylation is 1. The van der Waals surface area contributed by atoms with Crippen LogP contribution in [0.15, 0.2) is 23.2 Å². The second kappa shape index (κ2) is 10.6. The first-order valence-corrected chi connectivity index (χ1v) is 9.18. The van der Waals surface area contributed by atoms with E-state index < -0.39 is 5.60 Å². The van der Waals surface area contributed by atoms with E-state index in [2.05, 4.69) is 33.8 Å². The molecule has 0 aromatic heterocycles. The first-order chi connectivity index (χ1) is 12.7. The molecule has 2 N–H and O–H groups in total. The number of aliphatic imine (C=N–C) groups is 1. The largest absolute Gasteiger partial charge is 0.496 e. The highest BCUT2D eigenvalue weighted by atomic mass is 16.6. The number of nitrogens with one attached hydrogen (secondary N) is 2. The molecule has 7 nitrogen and oxygen atoms in total. The van der Waals surface area contributed by atoms with Crippen LogP contribution in [-0.4, -0.2) is 63.4 Å². The Bertz CT molecular complexity index is 639. The Morgan fingerprint density at radius 1 is 1.22 bits per heavy atom. The number of carbonyl (C=O) groups excluding carboxylic acids is 1. The van der Waals surface area contributed by atoms with Gasteiger partial charge in [-0.25, -0.2) is 4.79 Å². The van der Waals surface area contributed by atoms with Crippen LogP contribution in [0.5, 0.6) is 5.75 Å². The van der Waals surface area contributed by atoms with E-state index in [9.17, 15) is 4.79 Å². The highest BCUT2D eigenvalue weighted by Crippen LogP contribution is 2.18. The van der Waals surface area contributed by atoms with E-state index in [1.807, 2.05) is 27.7 Å². The third-order valence-corrected chi connectivity index (χ3v) is 3.85. The van der Waals surface area contributed by atoms with Crippen LogP contribution in [0.1, 0.15) is 31.9 Å². The Balaban J connectivity index is 2.35. The molecule has 0 atom stereocenters.